The highest BCUT2D eigenvalue weighted by atomic mass is 16.5. The summed E-state index contributed by atoms with van der Waals surface area (Å²) in [5.41, 5.74) is 7.11. The quantitative estimate of drug-likeness (QED) is 0.0413. The van der Waals surface area contributed by atoms with Gasteiger partial charge in [0, 0.05) is 0 Å². The Labute approximate surface area is 469 Å². The molecule has 426 valence electrons. The van der Waals surface area contributed by atoms with Crippen LogP contribution in [-0.2, 0) is 0 Å². The topological polar surface area (TPSA) is 36.9 Å². The van der Waals surface area contributed by atoms with Crippen molar-refractivity contribution in [2.75, 3.05) is 26.4 Å². The summed E-state index contributed by atoms with van der Waals surface area (Å²) in [5, 5.41) is 0. The van der Waals surface area contributed by atoms with Crippen molar-refractivity contribution in [2.24, 2.45) is 0 Å². The van der Waals surface area contributed by atoms with Crippen molar-refractivity contribution in [3.05, 3.63) is 84.9 Å². The molecule has 0 atom stereocenters. The Hall–Kier alpha value is -3.92. The predicted molar refractivity (Wildman–Crippen MR) is 332 cm³/mol. The van der Waals surface area contributed by atoms with E-state index in [1.54, 1.807) is 0 Å². The van der Waals surface area contributed by atoms with Crippen molar-refractivity contribution in [1.29, 1.82) is 0 Å². The van der Waals surface area contributed by atoms with Gasteiger partial charge < -0.3 is 18.9 Å². The predicted octanol–water partition coefficient (Wildman–Crippen LogP) is 23.9. The van der Waals surface area contributed by atoms with Crippen LogP contribution in [0.4, 0.5) is 0 Å². The maximum atomic E-state index is 6.54. The van der Waals surface area contributed by atoms with Crippen LogP contribution < -0.4 is 18.9 Å². The summed E-state index contributed by atoms with van der Waals surface area (Å²) in [6, 6.07) is 31.1. The minimum atomic E-state index is 0.731. The van der Waals surface area contributed by atoms with Gasteiger partial charge in [-0.15, -0.1) is 0 Å². The van der Waals surface area contributed by atoms with Crippen LogP contribution in [0, 0.1) is 0 Å². The minimum absolute atomic E-state index is 0.731. The van der Waals surface area contributed by atoms with Crippen LogP contribution in [-0.4, -0.2) is 26.4 Å². The van der Waals surface area contributed by atoms with Crippen LogP contribution in [0.2, 0.25) is 0 Å². The van der Waals surface area contributed by atoms with Crippen molar-refractivity contribution < 1.29 is 18.9 Å². The van der Waals surface area contributed by atoms with Gasteiger partial charge in [0.15, 0.2) is 23.0 Å². The molecule has 0 radical (unpaired) electrons. The molecule has 4 heteroatoms. The number of hydrogen-bond acceptors (Lipinski definition) is 4. The fourth-order valence-electron chi connectivity index (χ4n) is 10.6. The smallest absolute Gasteiger partial charge is 0.161 e. The van der Waals surface area contributed by atoms with Gasteiger partial charge in [-0.3, -0.25) is 0 Å². The van der Waals surface area contributed by atoms with Crippen LogP contribution in [0.15, 0.2) is 84.9 Å². The van der Waals surface area contributed by atoms with Crippen molar-refractivity contribution in [3.8, 4) is 56.4 Å². The average Bonchev–Trinajstić information content (AvgIpc) is 3.45. The molecule has 0 aromatic heterocycles. The van der Waals surface area contributed by atoms with Gasteiger partial charge in [-0.1, -0.05) is 320 Å². The summed E-state index contributed by atoms with van der Waals surface area (Å²) < 4.78 is 25.9. The molecule has 4 aromatic carbocycles. The summed E-state index contributed by atoms with van der Waals surface area (Å²) in [6.45, 7) is 12.1. The van der Waals surface area contributed by atoms with Crippen molar-refractivity contribution >= 4 is 0 Å². The zero-order valence-electron chi connectivity index (χ0n) is 49.8. The highest BCUT2D eigenvalue weighted by Gasteiger charge is 2.12. The van der Waals surface area contributed by atoms with E-state index in [4.69, 9.17) is 18.9 Å². The number of ether oxygens (including phenoxy) is 4. The zero-order chi connectivity index (χ0) is 53.6. The van der Waals surface area contributed by atoms with Gasteiger partial charge >= 0.3 is 0 Å². The van der Waals surface area contributed by atoms with Gasteiger partial charge in [-0.05, 0) is 83.3 Å². The first-order valence-corrected chi connectivity index (χ1v) is 32.7. The van der Waals surface area contributed by atoms with Crippen LogP contribution in [0.3, 0.4) is 0 Å². The van der Waals surface area contributed by atoms with E-state index in [-0.39, 0.29) is 0 Å². The maximum Gasteiger partial charge on any atom is 0.161 e. The molecule has 0 N–H and O–H groups in total. The first kappa shape index (κ1) is 64.6. The zero-order valence-corrected chi connectivity index (χ0v) is 49.8. The van der Waals surface area contributed by atoms with Gasteiger partial charge in [0.1, 0.15) is 0 Å². The Morgan fingerprint density at radius 3 is 0.579 bits per heavy atom. The molecule has 4 rings (SSSR count). The highest BCUT2D eigenvalue weighted by Crippen LogP contribution is 2.37. The third-order valence-corrected chi connectivity index (χ3v) is 15.7. The van der Waals surface area contributed by atoms with Gasteiger partial charge in [0.2, 0.25) is 0 Å². The van der Waals surface area contributed by atoms with Crippen molar-refractivity contribution in [2.45, 2.75) is 285 Å². The van der Waals surface area contributed by atoms with E-state index in [1.165, 1.54) is 253 Å². The number of unbranched alkanes of at least 4 members (excludes halogenated alkanes) is 36. The maximum absolute atomic E-state index is 6.54. The SMILES string of the molecule is CCCCCCCCCCCCOc1ccc(-c2ccc(-c3ccc(-c4ccc(OCCCCCCCCCCCC)c(OCCCCCCCCCCCC)c4)cc3)cc2)cc1OCCCCCCCCCCCC. The Bertz CT molecular complexity index is 1790. The standard InChI is InChI=1S/C72H114O4/c1-5-9-13-17-21-25-29-33-37-41-57-73-69-55-53-67(61-71(69)75-59-43-39-35-31-27-23-19-15-11-7-3)65-49-45-63(46-50-65)64-47-51-66(52-48-64)68-54-56-70(74-58-42-38-34-30-26-22-18-14-10-6-2)72(62-68)76-60-44-40-36-32-28-24-20-16-12-8-4/h45-56,61-62H,5-44,57-60H2,1-4H3. The second-order valence-electron chi connectivity index (χ2n) is 22.6. The molecule has 0 fully saturated rings. The molecule has 4 aromatic rings. The lowest BCUT2D eigenvalue weighted by molar-refractivity contribution is 0.258. The molecule has 0 aliphatic carbocycles. The summed E-state index contributed by atoms with van der Waals surface area (Å²) in [5.74, 6) is 3.51. The molecule has 0 unspecified atom stereocenters. The number of hydrogen-bond donors (Lipinski definition) is 0. The lowest BCUT2D eigenvalue weighted by Crippen LogP contribution is -2.03. The second-order valence-corrected chi connectivity index (χ2v) is 22.6. The fraction of sp³-hybridized carbons (Fsp3) is 0.667. The second kappa shape index (κ2) is 45.0. The van der Waals surface area contributed by atoms with Crippen LogP contribution in [0.5, 0.6) is 23.0 Å². The first-order valence-electron chi connectivity index (χ1n) is 32.7. The van der Waals surface area contributed by atoms with Gasteiger partial charge in [-0.25, -0.2) is 0 Å². The van der Waals surface area contributed by atoms with E-state index in [1.807, 2.05) is 0 Å². The van der Waals surface area contributed by atoms with E-state index >= 15 is 0 Å². The lowest BCUT2D eigenvalue weighted by Gasteiger charge is -2.15. The minimum Gasteiger partial charge on any atom is -0.490 e. The van der Waals surface area contributed by atoms with Gasteiger partial charge in [0.05, 0.1) is 26.4 Å². The third-order valence-electron chi connectivity index (χ3n) is 15.7. The monoisotopic (exact) mass is 1040 g/mol. The molecule has 0 aliphatic rings. The van der Waals surface area contributed by atoms with E-state index in [9.17, 15) is 0 Å². The largest absolute Gasteiger partial charge is 0.490 e. The Kier molecular flexibility index (Phi) is 38.2. The molecular weight excluding hydrogens is 929 g/mol. The molecule has 0 amide bonds. The lowest BCUT2D eigenvalue weighted by atomic mass is 9.98. The molecule has 0 heterocycles. The van der Waals surface area contributed by atoms with Crippen molar-refractivity contribution in [3.63, 3.8) is 0 Å². The molecular formula is C72H114O4. The van der Waals surface area contributed by atoms with Crippen LogP contribution in [0.1, 0.15) is 285 Å². The molecule has 4 nitrogen and oxygen atoms in total. The molecule has 0 saturated heterocycles. The molecule has 76 heavy (non-hydrogen) atoms. The summed E-state index contributed by atoms with van der Waals surface area (Å²) >= 11 is 0. The summed E-state index contributed by atoms with van der Waals surface area (Å²) in [7, 11) is 0. The number of benzene rings is 4. The fourth-order valence-corrected chi connectivity index (χ4v) is 10.6. The molecule has 0 bridgehead atoms. The van der Waals surface area contributed by atoms with Gasteiger partial charge in [0.25, 0.3) is 0 Å². The summed E-state index contributed by atoms with van der Waals surface area (Å²) in [4.78, 5) is 0. The van der Waals surface area contributed by atoms with E-state index in [2.05, 4.69) is 113 Å². The van der Waals surface area contributed by atoms with Crippen LogP contribution in [0.25, 0.3) is 33.4 Å². The Morgan fingerprint density at radius 2 is 0.355 bits per heavy atom. The average molecular weight is 1040 g/mol. The summed E-state index contributed by atoms with van der Waals surface area (Å²) in [6.07, 6.45) is 52.9. The highest BCUT2D eigenvalue weighted by molar-refractivity contribution is 5.75. The normalized spacial score (nSPS) is 11.4. The Morgan fingerprint density at radius 1 is 0.184 bits per heavy atom. The van der Waals surface area contributed by atoms with E-state index in [0.29, 0.717) is 0 Å². The van der Waals surface area contributed by atoms with Crippen molar-refractivity contribution in [1.82, 2.24) is 0 Å². The Balaban J connectivity index is 1.33. The molecule has 0 spiro atoms. The van der Waals surface area contributed by atoms with E-state index in [0.717, 1.165) is 86.2 Å². The first-order chi connectivity index (χ1) is 37.7. The van der Waals surface area contributed by atoms with E-state index < -0.39 is 0 Å². The molecule has 0 aliphatic heterocycles. The number of rotatable bonds is 51. The third kappa shape index (κ3) is 29.7. The van der Waals surface area contributed by atoms with Crippen LogP contribution >= 0.6 is 0 Å². The van der Waals surface area contributed by atoms with Gasteiger partial charge in [-0.2, -0.15) is 0 Å². The molecule has 0 saturated carbocycles.